The zero-order valence-electron chi connectivity index (χ0n) is 20.8. The predicted octanol–water partition coefficient (Wildman–Crippen LogP) is 8.27. The van der Waals surface area contributed by atoms with Gasteiger partial charge in [0.25, 0.3) is 0 Å². The third-order valence-electron chi connectivity index (χ3n) is 5.73. The maximum atomic E-state index is 11.6. The van der Waals surface area contributed by atoms with E-state index < -0.39 is 8.32 Å². The summed E-state index contributed by atoms with van der Waals surface area (Å²) in [6.07, 6.45) is 0. The zero-order valence-corrected chi connectivity index (χ0v) is 23.3. The molecule has 0 aliphatic rings. The molecule has 0 amide bonds. The van der Waals surface area contributed by atoms with Crippen molar-refractivity contribution < 1.29 is 18.7 Å². The highest BCUT2D eigenvalue weighted by Crippen LogP contribution is 2.42. The minimum absolute atomic E-state index is 0.0220. The molecule has 2 rings (SSSR count). The first-order valence-corrected chi connectivity index (χ1v) is 14.8. The molecule has 0 heterocycles. The standard InChI is InChI=1S/C25H35Cl2NO4Si/c1-9-30-23(29)15-28-17-12-20(26)24(21(27)13-17)31-18-10-11-22(19(14-18)16(2)3)32-33(7,8)25(4,5)6/h10-14,16,28H,9,15H2,1-8H3. The Bertz CT molecular complexity index is 964. The Morgan fingerprint density at radius 2 is 1.70 bits per heavy atom. The zero-order chi connectivity index (χ0) is 25.0. The van der Waals surface area contributed by atoms with E-state index in [1.165, 1.54) is 0 Å². The van der Waals surface area contributed by atoms with Gasteiger partial charge in [0.2, 0.25) is 8.32 Å². The smallest absolute Gasteiger partial charge is 0.325 e. The third-order valence-corrected chi connectivity index (χ3v) is 10.6. The van der Waals surface area contributed by atoms with Gasteiger partial charge in [0.15, 0.2) is 5.75 Å². The predicted molar refractivity (Wildman–Crippen MR) is 140 cm³/mol. The van der Waals surface area contributed by atoms with E-state index in [1.54, 1.807) is 19.1 Å². The molecule has 33 heavy (non-hydrogen) atoms. The molecule has 0 bridgehead atoms. The van der Waals surface area contributed by atoms with Gasteiger partial charge in [-0.25, -0.2) is 0 Å². The van der Waals surface area contributed by atoms with Gasteiger partial charge in [-0.2, -0.15) is 0 Å². The van der Waals surface area contributed by atoms with Crippen molar-refractivity contribution >= 4 is 43.2 Å². The van der Waals surface area contributed by atoms with Crippen LogP contribution in [0, 0.1) is 0 Å². The topological polar surface area (TPSA) is 56.8 Å². The maximum absolute atomic E-state index is 11.6. The van der Waals surface area contributed by atoms with Crippen LogP contribution >= 0.6 is 23.2 Å². The van der Waals surface area contributed by atoms with E-state index in [-0.39, 0.29) is 23.5 Å². The second-order valence-electron chi connectivity index (χ2n) is 9.75. The molecule has 0 spiro atoms. The highest BCUT2D eigenvalue weighted by Gasteiger charge is 2.39. The average Bonchev–Trinajstić information content (AvgIpc) is 2.69. The summed E-state index contributed by atoms with van der Waals surface area (Å²) in [6, 6.07) is 9.14. The van der Waals surface area contributed by atoms with E-state index in [0.717, 1.165) is 11.3 Å². The number of halogens is 2. The Morgan fingerprint density at radius 1 is 1.09 bits per heavy atom. The highest BCUT2D eigenvalue weighted by atomic mass is 35.5. The van der Waals surface area contributed by atoms with Crippen molar-refractivity contribution in [1.29, 1.82) is 0 Å². The van der Waals surface area contributed by atoms with E-state index in [0.29, 0.717) is 33.8 Å². The minimum Gasteiger partial charge on any atom is -0.543 e. The number of benzene rings is 2. The van der Waals surface area contributed by atoms with Gasteiger partial charge < -0.3 is 19.2 Å². The Balaban J connectivity index is 2.27. The van der Waals surface area contributed by atoms with E-state index in [1.807, 2.05) is 18.2 Å². The first-order valence-electron chi connectivity index (χ1n) is 11.1. The molecule has 0 aliphatic carbocycles. The van der Waals surface area contributed by atoms with Gasteiger partial charge in [-0.15, -0.1) is 0 Å². The van der Waals surface area contributed by atoms with Crippen LogP contribution in [0.3, 0.4) is 0 Å². The van der Waals surface area contributed by atoms with Crippen LogP contribution < -0.4 is 14.5 Å². The number of hydrogen-bond donors (Lipinski definition) is 1. The van der Waals surface area contributed by atoms with Crippen molar-refractivity contribution in [1.82, 2.24) is 0 Å². The molecule has 0 fully saturated rings. The summed E-state index contributed by atoms with van der Waals surface area (Å²) >= 11 is 12.9. The number of carbonyl (C=O) groups excluding carboxylic acids is 1. The fraction of sp³-hybridized carbons (Fsp3) is 0.480. The van der Waals surface area contributed by atoms with Crippen molar-refractivity contribution in [3.05, 3.63) is 45.9 Å². The fourth-order valence-corrected chi connectivity index (χ4v) is 4.43. The van der Waals surface area contributed by atoms with Gasteiger partial charge in [-0.1, -0.05) is 57.8 Å². The summed E-state index contributed by atoms with van der Waals surface area (Å²) in [6.45, 7) is 17.5. The van der Waals surface area contributed by atoms with Crippen LogP contribution in [0.25, 0.3) is 0 Å². The number of carbonyl (C=O) groups is 1. The molecule has 0 unspecified atom stereocenters. The largest absolute Gasteiger partial charge is 0.543 e. The van der Waals surface area contributed by atoms with Gasteiger partial charge in [0, 0.05) is 5.69 Å². The van der Waals surface area contributed by atoms with Gasteiger partial charge in [0.1, 0.15) is 18.0 Å². The lowest BCUT2D eigenvalue weighted by molar-refractivity contribution is -0.140. The van der Waals surface area contributed by atoms with E-state index in [4.69, 9.17) is 37.1 Å². The van der Waals surface area contributed by atoms with Gasteiger partial charge >= 0.3 is 5.97 Å². The number of ether oxygens (including phenoxy) is 2. The van der Waals surface area contributed by atoms with Gasteiger partial charge in [-0.3, -0.25) is 4.79 Å². The second-order valence-corrected chi connectivity index (χ2v) is 15.3. The molecule has 0 saturated carbocycles. The summed E-state index contributed by atoms with van der Waals surface area (Å²) in [7, 11) is -1.98. The lowest BCUT2D eigenvalue weighted by Gasteiger charge is -2.37. The van der Waals surface area contributed by atoms with E-state index >= 15 is 0 Å². The molecule has 2 aromatic rings. The van der Waals surface area contributed by atoms with E-state index in [9.17, 15) is 4.79 Å². The number of hydrogen-bond acceptors (Lipinski definition) is 5. The molecule has 182 valence electrons. The molecular formula is C25H35Cl2NO4Si. The molecule has 0 saturated heterocycles. The number of anilines is 1. The molecule has 1 N–H and O–H groups in total. The monoisotopic (exact) mass is 511 g/mol. The van der Waals surface area contributed by atoms with Crippen LogP contribution in [0.2, 0.25) is 28.2 Å². The van der Waals surface area contributed by atoms with Crippen LogP contribution in [0.4, 0.5) is 5.69 Å². The summed E-state index contributed by atoms with van der Waals surface area (Å²) in [5, 5.41) is 3.72. The van der Waals surface area contributed by atoms with Crippen molar-refractivity contribution in [2.75, 3.05) is 18.5 Å². The van der Waals surface area contributed by atoms with Crippen LogP contribution in [0.5, 0.6) is 17.2 Å². The number of rotatable bonds is 9. The van der Waals surface area contributed by atoms with Gasteiger partial charge in [-0.05, 0) is 66.9 Å². The molecular weight excluding hydrogens is 477 g/mol. The Morgan fingerprint density at radius 3 is 2.21 bits per heavy atom. The van der Waals surface area contributed by atoms with Crippen LogP contribution in [-0.2, 0) is 9.53 Å². The quantitative estimate of drug-likeness (QED) is 0.271. The molecule has 5 nitrogen and oxygen atoms in total. The maximum Gasteiger partial charge on any atom is 0.325 e. The van der Waals surface area contributed by atoms with Crippen molar-refractivity contribution in [3.8, 4) is 17.2 Å². The van der Waals surface area contributed by atoms with Crippen LogP contribution in [-0.4, -0.2) is 27.4 Å². The van der Waals surface area contributed by atoms with Crippen LogP contribution in [0.15, 0.2) is 30.3 Å². The summed E-state index contributed by atoms with van der Waals surface area (Å²) in [5.41, 5.74) is 1.67. The minimum atomic E-state index is -1.98. The molecule has 8 heteroatoms. The molecule has 0 aliphatic heterocycles. The Kier molecular flexibility index (Phi) is 9.14. The highest BCUT2D eigenvalue weighted by molar-refractivity contribution is 6.74. The van der Waals surface area contributed by atoms with Crippen LogP contribution in [0.1, 0.15) is 53.0 Å². The van der Waals surface area contributed by atoms with Crippen molar-refractivity contribution in [2.45, 2.75) is 65.6 Å². The lowest BCUT2D eigenvalue weighted by Crippen LogP contribution is -2.44. The number of esters is 1. The second kappa shape index (κ2) is 11.0. The van der Waals surface area contributed by atoms with Crippen molar-refractivity contribution in [2.24, 2.45) is 0 Å². The SMILES string of the molecule is CCOC(=O)CNc1cc(Cl)c(Oc2ccc(O[Si](C)(C)C(C)(C)C)c(C(C)C)c2)c(Cl)c1. The Hall–Kier alpha value is -1.89. The third kappa shape index (κ3) is 7.29. The Labute approximate surface area is 208 Å². The number of nitrogens with one attached hydrogen (secondary N) is 1. The molecule has 0 aromatic heterocycles. The summed E-state index contributed by atoms with van der Waals surface area (Å²) < 4.78 is 17.6. The lowest BCUT2D eigenvalue weighted by atomic mass is 10.0. The molecule has 2 aromatic carbocycles. The van der Waals surface area contributed by atoms with Crippen molar-refractivity contribution in [3.63, 3.8) is 0 Å². The first-order chi connectivity index (χ1) is 15.2. The molecule has 0 atom stereocenters. The average molecular weight is 513 g/mol. The molecule has 0 radical (unpaired) electrons. The first kappa shape index (κ1) is 27.4. The summed E-state index contributed by atoms with van der Waals surface area (Å²) in [5.74, 6) is 1.75. The normalized spacial score (nSPS) is 12.0. The van der Waals surface area contributed by atoms with E-state index in [2.05, 4.69) is 53.0 Å². The fourth-order valence-electron chi connectivity index (χ4n) is 2.83. The summed E-state index contributed by atoms with van der Waals surface area (Å²) in [4.78, 5) is 11.6. The van der Waals surface area contributed by atoms with Gasteiger partial charge in [0.05, 0.1) is 16.7 Å².